The average Bonchev–Trinajstić information content (AvgIpc) is 3.38. The van der Waals surface area contributed by atoms with Crippen molar-refractivity contribution in [2.75, 3.05) is 26.2 Å². The number of thiazole rings is 1. The molecule has 1 saturated heterocycles. The summed E-state index contributed by atoms with van der Waals surface area (Å²) in [4.78, 5) is 21.3. The molecule has 4 nitrogen and oxygen atoms in total. The molecular formula is C15H21N3OS. The Morgan fingerprint density at radius 2 is 1.95 bits per heavy atom. The molecule has 1 amide bonds. The van der Waals surface area contributed by atoms with Crippen molar-refractivity contribution in [3.05, 3.63) is 16.1 Å². The van der Waals surface area contributed by atoms with Crippen LogP contribution in [0.1, 0.15) is 42.3 Å². The minimum absolute atomic E-state index is 0.363. The van der Waals surface area contributed by atoms with Crippen LogP contribution < -0.4 is 0 Å². The second kappa shape index (κ2) is 5.11. The summed E-state index contributed by atoms with van der Waals surface area (Å²) in [6.07, 6.45) is 4.88. The van der Waals surface area contributed by atoms with E-state index in [1.807, 2.05) is 0 Å². The summed E-state index contributed by atoms with van der Waals surface area (Å²) >= 11 is 1.80. The fourth-order valence-corrected chi connectivity index (χ4v) is 3.79. The lowest BCUT2D eigenvalue weighted by Gasteiger charge is -2.34. The summed E-state index contributed by atoms with van der Waals surface area (Å²) in [5, 5.41) is 3.48. The predicted octanol–water partition coefficient (Wildman–Crippen LogP) is 2.07. The van der Waals surface area contributed by atoms with Gasteiger partial charge in [-0.1, -0.05) is 0 Å². The van der Waals surface area contributed by atoms with Crippen LogP contribution >= 0.6 is 11.3 Å². The topological polar surface area (TPSA) is 36.4 Å². The Balaban J connectivity index is 1.28. The molecule has 0 atom stereocenters. The Morgan fingerprint density at radius 1 is 1.20 bits per heavy atom. The first kappa shape index (κ1) is 12.8. The van der Waals surface area contributed by atoms with Gasteiger partial charge in [-0.05, 0) is 25.7 Å². The molecule has 2 saturated carbocycles. The standard InChI is InChI=1S/C15H21N3OS/c19-15(12-3-4-12)18-7-5-17(6-8-18)9-14-16-13(10-20-14)11-1-2-11/h10-12H,1-9H2. The molecule has 0 radical (unpaired) electrons. The number of piperazine rings is 1. The summed E-state index contributed by atoms with van der Waals surface area (Å²) in [6.45, 7) is 4.75. The van der Waals surface area contributed by atoms with Gasteiger partial charge in [0.25, 0.3) is 0 Å². The van der Waals surface area contributed by atoms with Crippen LogP contribution in [0.2, 0.25) is 0 Å². The molecule has 0 bridgehead atoms. The molecule has 2 aliphatic carbocycles. The third-order valence-corrected chi connectivity index (χ3v) is 5.39. The molecule has 2 heterocycles. The van der Waals surface area contributed by atoms with Crippen molar-refractivity contribution >= 4 is 17.2 Å². The van der Waals surface area contributed by atoms with Crippen LogP contribution in [-0.4, -0.2) is 46.9 Å². The van der Waals surface area contributed by atoms with E-state index in [1.165, 1.54) is 23.5 Å². The van der Waals surface area contributed by atoms with E-state index < -0.39 is 0 Å². The second-order valence-corrected chi connectivity index (χ2v) is 7.26. The molecule has 108 valence electrons. The van der Waals surface area contributed by atoms with Crippen LogP contribution in [0, 0.1) is 5.92 Å². The molecule has 5 heteroatoms. The monoisotopic (exact) mass is 291 g/mol. The Kier molecular flexibility index (Phi) is 3.27. The molecule has 1 aliphatic heterocycles. The van der Waals surface area contributed by atoms with Gasteiger partial charge in [0.2, 0.25) is 5.91 Å². The summed E-state index contributed by atoms with van der Waals surface area (Å²) in [5.41, 5.74) is 1.31. The van der Waals surface area contributed by atoms with Gasteiger partial charge in [0.05, 0.1) is 12.2 Å². The van der Waals surface area contributed by atoms with Crippen molar-refractivity contribution in [2.45, 2.75) is 38.1 Å². The van der Waals surface area contributed by atoms with Crippen molar-refractivity contribution in [3.8, 4) is 0 Å². The van der Waals surface area contributed by atoms with E-state index in [0.717, 1.165) is 51.5 Å². The van der Waals surface area contributed by atoms with Gasteiger partial charge in [0.1, 0.15) is 5.01 Å². The largest absolute Gasteiger partial charge is 0.340 e. The molecule has 0 N–H and O–H groups in total. The maximum Gasteiger partial charge on any atom is 0.225 e. The van der Waals surface area contributed by atoms with E-state index in [4.69, 9.17) is 4.98 Å². The van der Waals surface area contributed by atoms with Crippen molar-refractivity contribution < 1.29 is 4.79 Å². The molecule has 3 fully saturated rings. The van der Waals surface area contributed by atoms with E-state index in [2.05, 4.69) is 15.2 Å². The first-order valence-corrected chi connectivity index (χ1v) is 8.63. The normalized spacial score (nSPS) is 24.1. The number of carbonyl (C=O) groups is 1. The second-order valence-electron chi connectivity index (χ2n) is 6.32. The number of carbonyl (C=O) groups excluding carboxylic acids is 1. The van der Waals surface area contributed by atoms with Gasteiger partial charge in [-0.15, -0.1) is 11.3 Å². The fourth-order valence-electron chi connectivity index (χ4n) is 2.87. The van der Waals surface area contributed by atoms with Gasteiger partial charge < -0.3 is 4.90 Å². The van der Waals surface area contributed by atoms with Gasteiger partial charge in [-0.3, -0.25) is 9.69 Å². The van der Waals surface area contributed by atoms with Crippen LogP contribution in [-0.2, 0) is 11.3 Å². The van der Waals surface area contributed by atoms with E-state index in [-0.39, 0.29) is 0 Å². The smallest absolute Gasteiger partial charge is 0.225 e. The maximum atomic E-state index is 12.0. The van der Waals surface area contributed by atoms with Gasteiger partial charge in [0, 0.05) is 43.4 Å². The number of amides is 1. The summed E-state index contributed by atoms with van der Waals surface area (Å²) in [7, 11) is 0. The summed E-state index contributed by atoms with van der Waals surface area (Å²) in [6, 6.07) is 0. The maximum absolute atomic E-state index is 12.0. The molecule has 0 spiro atoms. The van der Waals surface area contributed by atoms with Gasteiger partial charge in [-0.25, -0.2) is 4.98 Å². The zero-order valence-corrected chi connectivity index (χ0v) is 12.6. The van der Waals surface area contributed by atoms with Crippen LogP contribution in [0.25, 0.3) is 0 Å². The van der Waals surface area contributed by atoms with Gasteiger partial charge in [0.15, 0.2) is 0 Å². The molecule has 0 unspecified atom stereocenters. The summed E-state index contributed by atoms with van der Waals surface area (Å²) in [5.74, 6) is 1.52. The van der Waals surface area contributed by atoms with E-state index in [9.17, 15) is 4.79 Å². The molecule has 4 rings (SSSR count). The minimum Gasteiger partial charge on any atom is -0.340 e. The molecular weight excluding hydrogens is 270 g/mol. The van der Waals surface area contributed by atoms with Crippen molar-refractivity contribution in [2.24, 2.45) is 5.92 Å². The number of hydrogen-bond donors (Lipinski definition) is 0. The van der Waals surface area contributed by atoms with Gasteiger partial charge >= 0.3 is 0 Å². The van der Waals surface area contributed by atoms with Crippen LogP contribution in [0.4, 0.5) is 0 Å². The van der Waals surface area contributed by atoms with Crippen molar-refractivity contribution in [1.29, 1.82) is 0 Å². The Hall–Kier alpha value is -0.940. The number of aromatic nitrogens is 1. The lowest BCUT2D eigenvalue weighted by Crippen LogP contribution is -2.48. The van der Waals surface area contributed by atoms with Crippen molar-refractivity contribution in [1.82, 2.24) is 14.8 Å². The molecule has 1 aromatic heterocycles. The highest BCUT2D eigenvalue weighted by atomic mass is 32.1. The minimum atomic E-state index is 0.363. The fraction of sp³-hybridized carbons (Fsp3) is 0.733. The Labute approximate surface area is 123 Å². The zero-order valence-electron chi connectivity index (χ0n) is 11.8. The molecule has 20 heavy (non-hydrogen) atoms. The average molecular weight is 291 g/mol. The van der Waals surface area contributed by atoms with Crippen LogP contribution in [0.5, 0.6) is 0 Å². The zero-order chi connectivity index (χ0) is 13.5. The molecule has 3 aliphatic rings. The number of hydrogen-bond acceptors (Lipinski definition) is 4. The highest BCUT2D eigenvalue weighted by Crippen LogP contribution is 2.40. The highest BCUT2D eigenvalue weighted by molar-refractivity contribution is 7.09. The van der Waals surface area contributed by atoms with Gasteiger partial charge in [-0.2, -0.15) is 0 Å². The quantitative estimate of drug-likeness (QED) is 0.852. The van der Waals surface area contributed by atoms with Crippen molar-refractivity contribution in [3.63, 3.8) is 0 Å². The third kappa shape index (κ3) is 2.74. The predicted molar refractivity (Wildman–Crippen MR) is 78.7 cm³/mol. The summed E-state index contributed by atoms with van der Waals surface area (Å²) < 4.78 is 0. The lowest BCUT2D eigenvalue weighted by atomic mass is 10.2. The SMILES string of the molecule is O=C(C1CC1)N1CCN(Cc2nc(C3CC3)cs2)CC1. The first-order valence-electron chi connectivity index (χ1n) is 7.75. The van der Waals surface area contributed by atoms with Crippen LogP contribution in [0.3, 0.4) is 0 Å². The highest BCUT2D eigenvalue weighted by Gasteiger charge is 2.34. The number of rotatable bonds is 4. The molecule has 0 aromatic carbocycles. The Morgan fingerprint density at radius 3 is 2.60 bits per heavy atom. The van der Waals surface area contributed by atoms with E-state index >= 15 is 0 Å². The van der Waals surface area contributed by atoms with Crippen LogP contribution in [0.15, 0.2) is 5.38 Å². The van der Waals surface area contributed by atoms with E-state index in [0.29, 0.717) is 11.8 Å². The van der Waals surface area contributed by atoms with E-state index in [1.54, 1.807) is 11.3 Å². The Bertz CT molecular complexity index is 499. The number of nitrogens with zero attached hydrogens (tertiary/aromatic N) is 3. The first-order chi connectivity index (χ1) is 9.79. The lowest BCUT2D eigenvalue weighted by molar-refractivity contribution is -0.134. The molecule has 1 aromatic rings. The third-order valence-electron chi connectivity index (χ3n) is 4.53.